The zero-order chi connectivity index (χ0) is 18.0. The van der Waals surface area contributed by atoms with Crippen molar-refractivity contribution in [3.05, 3.63) is 59.2 Å². The number of urea groups is 1. The van der Waals surface area contributed by atoms with Gasteiger partial charge in [0.25, 0.3) is 0 Å². The maximum atomic E-state index is 13.5. The summed E-state index contributed by atoms with van der Waals surface area (Å²) in [7, 11) is 0. The summed E-state index contributed by atoms with van der Waals surface area (Å²) in [4.78, 5) is 24.3. The van der Waals surface area contributed by atoms with Crippen LogP contribution in [0.4, 0.5) is 29.7 Å². The highest BCUT2D eigenvalue weighted by Gasteiger charge is 2.20. The molecule has 0 spiro atoms. The molecule has 0 saturated heterocycles. The maximum Gasteiger partial charge on any atom is 0.407 e. The minimum atomic E-state index is -0.968. The molecule has 1 heterocycles. The number of hydrogen-bond donors (Lipinski definition) is 3. The summed E-state index contributed by atoms with van der Waals surface area (Å²) < 4.78 is 26.7. The second kappa shape index (κ2) is 6.76. The lowest BCUT2D eigenvalue weighted by Crippen LogP contribution is -2.34. The first kappa shape index (κ1) is 16.7. The molecule has 0 saturated carbocycles. The van der Waals surface area contributed by atoms with Crippen molar-refractivity contribution in [2.75, 3.05) is 17.2 Å². The Hall–Kier alpha value is -3.16. The zero-order valence-electron chi connectivity index (χ0n) is 13.1. The van der Waals surface area contributed by atoms with Gasteiger partial charge in [-0.1, -0.05) is 6.07 Å². The highest BCUT2D eigenvalue weighted by molar-refractivity contribution is 5.99. The van der Waals surface area contributed by atoms with Gasteiger partial charge in [-0.3, -0.25) is 0 Å². The summed E-state index contributed by atoms with van der Waals surface area (Å²) >= 11 is 0. The Morgan fingerprint density at radius 2 is 1.84 bits per heavy atom. The predicted octanol–water partition coefficient (Wildman–Crippen LogP) is 3.64. The van der Waals surface area contributed by atoms with Crippen LogP contribution in [0.5, 0.6) is 0 Å². The summed E-state index contributed by atoms with van der Waals surface area (Å²) in [6.07, 6.45) is -0.429. The van der Waals surface area contributed by atoms with E-state index in [1.54, 1.807) is 18.2 Å². The smallest absolute Gasteiger partial charge is 0.407 e. The standard InChI is InChI=1S/C17H15F2N3O3/c18-12-2-4-14(19)15(8-12)21-16(23)20-13-3-1-11-9-22(17(24)25)6-5-10(11)7-13/h1-4,7-8H,5-6,9H2,(H,24,25)(H2,20,21,23). The third kappa shape index (κ3) is 3.85. The maximum absolute atomic E-state index is 13.5. The van der Waals surface area contributed by atoms with Crippen molar-refractivity contribution in [3.8, 4) is 0 Å². The minimum Gasteiger partial charge on any atom is -0.465 e. The SMILES string of the molecule is O=C(Nc1ccc2c(c1)CCN(C(=O)O)C2)Nc1cc(F)ccc1F. The van der Waals surface area contributed by atoms with E-state index in [1.165, 1.54) is 4.90 Å². The van der Waals surface area contributed by atoms with E-state index in [0.717, 1.165) is 29.3 Å². The van der Waals surface area contributed by atoms with Gasteiger partial charge < -0.3 is 20.6 Å². The fourth-order valence-electron chi connectivity index (χ4n) is 2.67. The monoisotopic (exact) mass is 347 g/mol. The molecule has 3 amide bonds. The molecule has 1 aliphatic heterocycles. The molecule has 1 aliphatic rings. The van der Waals surface area contributed by atoms with Crippen molar-refractivity contribution in [1.82, 2.24) is 4.90 Å². The largest absolute Gasteiger partial charge is 0.465 e. The molecule has 0 aliphatic carbocycles. The average molecular weight is 347 g/mol. The van der Waals surface area contributed by atoms with Gasteiger partial charge in [0.15, 0.2) is 0 Å². The number of fused-ring (bicyclic) bond motifs is 1. The van der Waals surface area contributed by atoms with E-state index in [2.05, 4.69) is 10.6 Å². The van der Waals surface area contributed by atoms with Crippen molar-refractivity contribution in [1.29, 1.82) is 0 Å². The van der Waals surface area contributed by atoms with E-state index in [1.807, 2.05) is 0 Å². The van der Waals surface area contributed by atoms with Crippen molar-refractivity contribution < 1.29 is 23.5 Å². The summed E-state index contributed by atoms with van der Waals surface area (Å²) in [5.74, 6) is -1.40. The van der Waals surface area contributed by atoms with Crippen molar-refractivity contribution >= 4 is 23.5 Å². The molecule has 2 aromatic rings. The lowest BCUT2D eigenvalue weighted by atomic mass is 9.99. The number of benzene rings is 2. The summed E-state index contributed by atoms with van der Waals surface area (Å²) in [5, 5.41) is 13.8. The van der Waals surface area contributed by atoms with E-state index in [4.69, 9.17) is 5.11 Å². The number of hydrogen-bond acceptors (Lipinski definition) is 2. The normalized spacial score (nSPS) is 13.1. The molecule has 0 atom stereocenters. The lowest BCUT2D eigenvalue weighted by molar-refractivity contribution is 0.140. The Balaban J connectivity index is 1.68. The Morgan fingerprint density at radius 1 is 1.04 bits per heavy atom. The zero-order valence-corrected chi connectivity index (χ0v) is 13.1. The van der Waals surface area contributed by atoms with Gasteiger partial charge in [-0.2, -0.15) is 0 Å². The van der Waals surface area contributed by atoms with E-state index in [9.17, 15) is 18.4 Å². The third-order valence-corrected chi connectivity index (χ3v) is 3.92. The highest BCUT2D eigenvalue weighted by atomic mass is 19.1. The number of carboxylic acid groups (broad SMARTS) is 1. The molecule has 2 aromatic carbocycles. The van der Waals surface area contributed by atoms with Crippen LogP contribution in [0.25, 0.3) is 0 Å². The Bertz CT molecular complexity index is 842. The minimum absolute atomic E-state index is 0.257. The van der Waals surface area contributed by atoms with Gasteiger partial charge in [-0.25, -0.2) is 18.4 Å². The van der Waals surface area contributed by atoms with Crippen LogP contribution in [0.2, 0.25) is 0 Å². The van der Waals surface area contributed by atoms with Crippen LogP contribution in [-0.4, -0.2) is 28.7 Å². The number of nitrogens with one attached hydrogen (secondary N) is 2. The molecule has 130 valence electrons. The molecule has 6 nitrogen and oxygen atoms in total. The Kier molecular flexibility index (Phi) is 4.51. The highest BCUT2D eigenvalue weighted by Crippen LogP contribution is 2.23. The number of carbonyl (C=O) groups is 2. The number of nitrogens with zero attached hydrogens (tertiary/aromatic N) is 1. The van der Waals surface area contributed by atoms with Crippen LogP contribution in [-0.2, 0) is 13.0 Å². The van der Waals surface area contributed by atoms with Crippen LogP contribution in [0, 0.1) is 11.6 Å². The molecular weight excluding hydrogens is 332 g/mol. The molecule has 0 unspecified atom stereocenters. The van der Waals surface area contributed by atoms with E-state index >= 15 is 0 Å². The molecular formula is C17H15F2N3O3. The van der Waals surface area contributed by atoms with Crippen LogP contribution in [0.15, 0.2) is 36.4 Å². The summed E-state index contributed by atoms with van der Waals surface area (Å²) in [6.45, 7) is 0.679. The number of rotatable bonds is 2. The van der Waals surface area contributed by atoms with Crippen molar-refractivity contribution in [2.45, 2.75) is 13.0 Å². The molecule has 8 heteroatoms. The number of carbonyl (C=O) groups excluding carboxylic acids is 1. The lowest BCUT2D eigenvalue weighted by Gasteiger charge is -2.26. The molecule has 25 heavy (non-hydrogen) atoms. The van der Waals surface area contributed by atoms with Gasteiger partial charge in [0.05, 0.1) is 5.69 Å². The molecule has 0 aromatic heterocycles. The molecule has 0 bridgehead atoms. The quantitative estimate of drug-likeness (QED) is 0.776. The third-order valence-electron chi connectivity index (χ3n) is 3.92. The fourth-order valence-corrected chi connectivity index (χ4v) is 2.67. The summed E-state index contributed by atoms with van der Waals surface area (Å²) in [5.41, 5.74) is 2.03. The van der Waals surface area contributed by atoms with Gasteiger partial charge in [-0.05, 0) is 41.8 Å². The van der Waals surface area contributed by atoms with Gasteiger partial charge >= 0.3 is 12.1 Å². The van der Waals surface area contributed by atoms with E-state index in [-0.39, 0.29) is 5.69 Å². The first-order valence-electron chi connectivity index (χ1n) is 7.55. The number of amides is 3. The first-order chi connectivity index (χ1) is 11.9. The number of halogens is 2. The topological polar surface area (TPSA) is 81.7 Å². The molecule has 3 N–H and O–H groups in total. The summed E-state index contributed by atoms with van der Waals surface area (Å²) in [6, 6.07) is 7.19. The van der Waals surface area contributed by atoms with Crippen molar-refractivity contribution in [3.63, 3.8) is 0 Å². The fraction of sp³-hybridized carbons (Fsp3) is 0.176. The predicted molar refractivity (Wildman–Crippen MR) is 87.6 cm³/mol. The molecule has 0 fully saturated rings. The molecule has 3 rings (SSSR count). The average Bonchev–Trinajstić information content (AvgIpc) is 2.57. The van der Waals surface area contributed by atoms with Crippen LogP contribution >= 0.6 is 0 Å². The Labute approximate surface area is 142 Å². The van der Waals surface area contributed by atoms with Crippen LogP contribution in [0.3, 0.4) is 0 Å². The number of anilines is 2. The Morgan fingerprint density at radius 3 is 2.60 bits per heavy atom. The van der Waals surface area contributed by atoms with Crippen LogP contribution in [0.1, 0.15) is 11.1 Å². The van der Waals surface area contributed by atoms with E-state index in [0.29, 0.717) is 25.2 Å². The van der Waals surface area contributed by atoms with Crippen LogP contribution < -0.4 is 10.6 Å². The van der Waals surface area contributed by atoms with Gasteiger partial charge in [0.2, 0.25) is 0 Å². The second-order valence-electron chi connectivity index (χ2n) is 5.64. The first-order valence-corrected chi connectivity index (χ1v) is 7.55. The van der Waals surface area contributed by atoms with Gasteiger partial charge in [0, 0.05) is 24.8 Å². The second-order valence-corrected chi connectivity index (χ2v) is 5.64. The van der Waals surface area contributed by atoms with E-state index < -0.39 is 23.8 Å². The van der Waals surface area contributed by atoms with Crippen molar-refractivity contribution in [2.24, 2.45) is 0 Å². The molecule has 0 radical (unpaired) electrons. The van der Waals surface area contributed by atoms with Gasteiger partial charge in [0.1, 0.15) is 11.6 Å². The van der Waals surface area contributed by atoms with Gasteiger partial charge in [-0.15, -0.1) is 0 Å².